The highest BCUT2D eigenvalue weighted by Crippen LogP contribution is 2.23. The molecule has 96 valence electrons. The van der Waals surface area contributed by atoms with Gasteiger partial charge in [0.2, 0.25) is 0 Å². The van der Waals surface area contributed by atoms with Crippen molar-refractivity contribution in [2.45, 2.75) is 0 Å². The van der Waals surface area contributed by atoms with Crippen LogP contribution in [-0.4, -0.2) is 16.5 Å². The van der Waals surface area contributed by atoms with Gasteiger partial charge in [-0.1, -0.05) is 48.6 Å². The molecule has 1 aromatic carbocycles. The molecule has 0 spiro atoms. The molecule has 0 aliphatic heterocycles. The zero-order valence-corrected chi connectivity index (χ0v) is 11.3. The fourth-order valence-corrected chi connectivity index (χ4v) is 2.11. The second-order valence-corrected chi connectivity index (χ2v) is 4.39. The van der Waals surface area contributed by atoms with Gasteiger partial charge in [0.1, 0.15) is 4.99 Å². The summed E-state index contributed by atoms with van der Waals surface area (Å²) >= 11 is 5.55. The van der Waals surface area contributed by atoms with Crippen LogP contribution in [0.2, 0.25) is 0 Å². The molecule has 1 aromatic heterocycles. The molecule has 0 saturated heterocycles. The maximum atomic E-state index is 5.97. The van der Waals surface area contributed by atoms with E-state index in [0.717, 1.165) is 16.2 Å². The van der Waals surface area contributed by atoms with Crippen molar-refractivity contribution in [2.75, 3.05) is 17.2 Å². The number of nitrogens with zero attached hydrogens (tertiary/aromatic N) is 2. The highest BCUT2D eigenvalue weighted by atomic mass is 32.1. The van der Waals surface area contributed by atoms with Crippen molar-refractivity contribution < 1.29 is 0 Å². The highest BCUT2D eigenvalue weighted by Gasteiger charge is 2.14. The van der Waals surface area contributed by atoms with Crippen molar-refractivity contribution in [3.63, 3.8) is 0 Å². The molecule has 2 N–H and O–H groups in total. The van der Waals surface area contributed by atoms with Crippen LogP contribution in [0.15, 0.2) is 61.4 Å². The summed E-state index contributed by atoms with van der Waals surface area (Å²) < 4.78 is 0. The number of hydrogen-bond donors (Lipinski definition) is 1. The van der Waals surface area contributed by atoms with Crippen LogP contribution in [-0.2, 0) is 0 Å². The summed E-state index contributed by atoms with van der Waals surface area (Å²) in [7, 11) is 0. The lowest BCUT2D eigenvalue weighted by molar-refractivity contribution is 1.15. The lowest BCUT2D eigenvalue weighted by Crippen LogP contribution is -2.30. The third-order valence-corrected chi connectivity index (χ3v) is 3.15. The van der Waals surface area contributed by atoms with Gasteiger partial charge in [0, 0.05) is 18.3 Å². The number of nitrogen functional groups attached to an aromatic ring is 1. The fraction of sp³-hybridized carbons (Fsp3) is 0.0667. The smallest absolute Gasteiger partial charge is 0.113 e. The number of thiocarbonyl (C=S) groups is 1. The number of nitrogens with two attached hydrogens (primary N) is 1. The minimum Gasteiger partial charge on any atom is -0.396 e. The van der Waals surface area contributed by atoms with Gasteiger partial charge in [-0.25, -0.2) is 0 Å². The Morgan fingerprint density at radius 1 is 1.32 bits per heavy atom. The van der Waals surface area contributed by atoms with E-state index in [-0.39, 0.29) is 0 Å². The molecule has 0 fully saturated rings. The lowest BCUT2D eigenvalue weighted by Gasteiger charge is -2.25. The minimum atomic E-state index is 0.599. The third kappa shape index (κ3) is 2.98. The van der Waals surface area contributed by atoms with Gasteiger partial charge < -0.3 is 10.6 Å². The SMILES string of the molecule is C=CCN(C(=S)c1ccccc1)c1ccncc1N. The van der Waals surface area contributed by atoms with Gasteiger partial charge >= 0.3 is 0 Å². The summed E-state index contributed by atoms with van der Waals surface area (Å²) in [5, 5.41) is 0. The molecule has 0 radical (unpaired) electrons. The van der Waals surface area contributed by atoms with Crippen LogP contribution < -0.4 is 10.6 Å². The van der Waals surface area contributed by atoms with E-state index in [4.69, 9.17) is 18.0 Å². The molecule has 0 amide bonds. The first-order valence-electron chi connectivity index (χ1n) is 5.91. The molecule has 0 bridgehead atoms. The second-order valence-electron chi connectivity index (χ2n) is 4.00. The van der Waals surface area contributed by atoms with E-state index in [1.807, 2.05) is 41.3 Å². The predicted octanol–water partition coefficient (Wildman–Crippen LogP) is 3.03. The second kappa shape index (κ2) is 6.11. The van der Waals surface area contributed by atoms with E-state index < -0.39 is 0 Å². The van der Waals surface area contributed by atoms with E-state index in [2.05, 4.69) is 11.6 Å². The number of pyridine rings is 1. The number of benzene rings is 1. The molecular formula is C15H15N3S. The Balaban J connectivity index is 2.39. The highest BCUT2D eigenvalue weighted by molar-refractivity contribution is 7.81. The first kappa shape index (κ1) is 13.2. The van der Waals surface area contributed by atoms with Gasteiger partial charge in [0.05, 0.1) is 17.6 Å². The van der Waals surface area contributed by atoms with Gasteiger partial charge in [-0.2, -0.15) is 0 Å². The molecule has 3 nitrogen and oxygen atoms in total. The Hall–Kier alpha value is -2.20. The summed E-state index contributed by atoms with van der Waals surface area (Å²) in [5.74, 6) is 0. The molecule has 0 unspecified atom stereocenters. The van der Waals surface area contributed by atoms with Gasteiger partial charge in [0.15, 0.2) is 0 Å². The van der Waals surface area contributed by atoms with Crippen LogP contribution in [0.5, 0.6) is 0 Å². The van der Waals surface area contributed by atoms with E-state index >= 15 is 0 Å². The van der Waals surface area contributed by atoms with Crippen molar-refractivity contribution in [3.05, 3.63) is 67.0 Å². The number of aromatic nitrogens is 1. The van der Waals surface area contributed by atoms with Gasteiger partial charge in [-0.15, -0.1) is 6.58 Å². The average molecular weight is 269 g/mol. The Morgan fingerprint density at radius 2 is 2.05 bits per heavy atom. The van der Waals surface area contributed by atoms with Gasteiger partial charge in [-0.05, 0) is 6.07 Å². The topological polar surface area (TPSA) is 42.2 Å². The summed E-state index contributed by atoms with van der Waals surface area (Å²) in [4.78, 5) is 6.67. The van der Waals surface area contributed by atoms with Crippen LogP contribution in [0.1, 0.15) is 5.56 Å². The van der Waals surface area contributed by atoms with E-state index in [1.54, 1.807) is 18.5 Å². The molecule has 4 heteroatoms. The number of rotatable bonds is 4. The molecule has 1 heterocycles. The van der Waals surface area contributed by atoms with Gasteiger partial charge in [0.25, 0.3) is 0 Å². The Kier molecular flexibility index (Phi) is 4.26. The van der Waals surface area contributed by atoms with Crippen molar-refractivity contribution in [3.8, 4) is 0 Å². The first-order valence-corrected chi connectivity index (χ1v) is 6.32. The van der Waals surface area contributed by atoms with Crippen LogP contribution in [0.4, 0.5) is 11.4 Å². The summed E-state index contributed by atoms with van der Waals surface area (Å²) in [5.41, 5.74) is 8.40. The van der Waals surface area contributed by atoms with E-state index in [1.165, 1.54) is 0 Å². The van der Waals surface area contributed by atoms with Crippen molar-refractivity contribution in [1.29, 1.82) is 0 Å². The zero-order valence-electron chi connectivity index (χ0n) is 10.5. The maximum absolute atomic E-state index is 5.97. The molecule has 2 aromatic rings. The monoisotopic (exact) mass is 269 g/mol. The van der Waals surface area contributed by atoms with Crippen LogP contribution in [0.3, 0.4) is 0 Å². The van der Waals surface area contributed by atoms with Crippen LogP contribution in [0, 0.1) is 0 Å². The van der Waals surface area contributed by atoms with Crippen molar-refractivity contribution in [1.82, 2.24) is 4.98 Å². The number of anilines is 2. The fourth-order valence-electron chi connectivity index (χ4n) is 1.80. The lowest BCUT2D eigenvalue weighted by atomic mass is 10.2. The summed E-state index contributed by atoms with van der Waals surface area (Å²) in [6, 6.07) is 11.7. The molecule has 0 aliphatic rings. The van der Waals surface area contributed by atoms with Crippen molar-refractivity contribution >= 4 is 28.6 Å². The maximum Gasteiger partial charge on any atom is 0.113 e. The molecule has 0 aliphatic carbocycles. The molecular weight excluding hydrogens is 254 g/mol. The third-order valence-electron chi connectivity index (χ3n) is 2.70. The van der Waals surface area contributed by atoms with E-state index in [9.17, 15) is 0 Å². The largest absolute Gasteiger partial charge is 0.396 e. The quantitative estimate of drug-likeness (QED) is 0.684. The van der Waals surface area contributed by atoms with Crippen LogP contribution >= 0.6 is 12.2 Å². The molecule has 19 heavy (non-hydrogen) atoms. The summed E-state index contributed by atoms with van der Waals surface area (Å²) in [6.45, 7) is 4.37. The predicted molar refractivity (Wildman–Crippen MR) is 84.3 cm³/mol. The Labute approximate surface area is 118 Å². The van der Waals surface area contributed by atoms with Crippen LogP contribution in [0.25, 0.3) is 0 Å². The molecule has 0 atom stereocenters. The average Bonchev–Trinajstić information content (AvgIpc) is 2.46. The normalized spacial score (nSPS) is 9.89. The Morgan fingerprint density at radius 3 is 2.68 bits per heavy atom. The Bertz CT molecular complexity index is 581. The summed E-state index contributed by atoms with van der Waals surface area (Å²) in [6.07, 6.45) is 5.13. The molecule has 2 rings (SSSR count). The molecule has 0 saturated carbocycles. The van der Waals surface area contributed by atoms with Gasteiger partial charge in [-0.3, -0.25) is 4.98 Å². The number of hydrogen-bond acceptors (Lipinski definition) is 3. The minimum absolute atomic E-state index is 0.599. The standard InChI is InChI=1S/C15H15N3S/c1-2-10-18(14-8-9-17-11-13(14)16)15(19)12-6-4-3-5-7-12/h2-9,11H,1,10,16H2. The first-order chi connectivity index (χ1) is 9.24. The zero-order chi connectivity index (χ0) is 13.7. The van der Waals surface area contributed by atoms with E-state index in [0.29, 0.717) is 12.2 Å². The van der Waals surface area contributed by atoms with Crippen molar-refractivity contribution in [2.24, 2.45) is 0 Å².